The lowest BCUT2D eigenvalue weighted by molar-refractivity contribution is -0.117. The number of azide groups is 1. The minimum absolute atomic E-state index is 0.00437. The summed E-state index contributed by atoms with van der Waals surface area (Å²) in [6, 6.07) is 4.98. The predicted molar refractivity (Wildman–Crippen MR) is 82.3 cm³/mol. The molecule has 2 saturated heterocycles. The minimum atomic E-state index is -0.286. The Bertz CT molecular complexity index is 622. The lowest BCUT2D eigenvalue weighted by Gasteiger charge is -2.21. The maximum Gasteiger partial charge on any atom is 0.227 e. The molecule has 6 nitrogen and oxygen atoms in total. The molecule has 0 N–H and O–H groups in total. The Morgan fingerprint density at radius 2 is 2.14 bits per heavy atom. The summed E-state index contributed by atoms with van der Waals surface area (Å²) < 4.78 is 14.3. The van der Waals surface area contributed by atoms with Crippen LogP contribution in [0.4, 0.5) is 15.8 Å². The zero-order chi connectivity index (χ0) is 15.5. The predicted octanol–water partition coefficient (Wildman–Crippen LogP) is 3.09. The van der Waals surface area contributed by atoms with Crippen molar-refractivity contribution < 1.29 is 9.18 Å². The van der Waals surface area contributed by atoms with Crippen LogP contribution in [0.15, 0.2) is 23.3 Å². The first-order valence-corrected chi connectivity index (χ1v) is 7.55. The highest BCUT2D eigenvalue weighted by Gasteiger charge is 2.30. The molecule has 1 atom stereocenters. The van der Waals surface area contributed by atoms with Crippen molar-refractivity contribution in [2.75, 3.05) is 36.0 Å². The van der Waals surface area contributed by atoms with Gasteiger partial charge in [0.05, 0.1) is 5.69 Å². The first-order chi connectivity index (χ1) is 10.7. The fourth-order valence-corrected chi connectivity index (χ4v) is 3.18. The number of carbonyl (C=O) groups excluding carboxylic acids is 1. The van der Waals surface area contributed by atoms with Crippen LogP contribution in [0.5, 0.6) is 0 Å². The smallest absolute Gasteiger partial charge is 0.227 e. The summed E-state index contributed by atoms with van der Waals surface area (Å²) in [5.41, 5.74) is 9.54. The molecule has 3 rings (SSSR count). The van der Waals surface area contributed by atoms with E-state index in [4.69, 9.17) is 5.53 Å². The molecule has 0 saturated carbocycles. The average Bonchev–Trinajstić information content (AvgIpc) is 3.14. The Morgan fingerprint density at radius 3 is 2.82 bits per heavy atom. The summed E-state index contributed by atoms with van der Waals surface area (Å²) in [5.74, 6) is -0.332. The average molecular weight is 303 g/mol. The standard InChI is InChI=1S/C15H18FN5O/c16-13-8-12(3-4-14(13)20-5-1-2-6-20)21-10-11(7-15(21)22)9-18-19-17/h3-4,8,11H,1-2,5-7,9-10H2. The lowest BCUT2D eigenvalue weighted by atomic mass is 10.1. The zero-order valence-electron chi connectivity index (χ0n) is 12.3. The number of hydrogen-bond acceptors (Lipinski definition) is 3. The van der Waals surface area contributed by atoms with E-state index in [1.165, 1.54) is 6.07 Å². The van der Waals surface area contributed by atoms with Crippen molar-refractivity contribution in [1.82, 2.24) is 0 Å². The number of hydrogen-bond donors (Lipinski definition) is 0. The topological polar surface area (TPSA) is 72.3 Å². The van der Waals surface area contributed by atoms with Gasteiger partial charge in [-0.25, -0.2) is 4.39 Å². The molecular formula is C15H18FN5O. The van der Waals surface area contributed by atoms with Gasteiger partial charge in [0.15, 0.2) is 0 Å². The van der Waals surface area contributed by atoms with Crippen molar-refractivity contribution >= 4 is 17.3 Å². The van der Waals surface area contributed by atoms with E-state index in [0.29, 0.717) is 30.9 Å². The van der Waals surface area contributed by atoms with Crippen molar-refractivity contribution in [1.29, 1.82) is 0 Å². The highest BCUT2D eigenvalue weighted by atomic mass is 19.1. The first-order valence-electron chi connectivity index (χ1n) is 7.55. The Balaban J connectivity index is 1.76. The number of amides is 1. The van der Waals surface area contributed by atoms with Gasteiger partial charge in [0.2, 0.25) is 5.91 Å². The fraction of sp³-hybridized carbons (Fsp3) is 0.533. The molecule has 1 unspecified atom stereocenters. The summed E-state index contributed by atoms with van der Waals surface area (Å²) in [4.78, 5) is 18.4. The second kappa shape index (κ2) is 6.23. The van der Waals surface area contributed by atoms with Crippen molar-refractivity contribution in [3.05, 3.63) is 34.5 Å². The maximum absolute atomic E-state index is 14.3. The van der Waals surface area contributed by atoms with Gasteiger partial charge in [0.25, 0.3) is 0 Å². The molecule has 2 fully saturated rings. The second-order valence-electron chi connectivity index (χ2n) is 5.82. The Hall–Kier alpha value is -2.27. The monoisotopic (exact) mass is 303 g/mol. The molecule has 0 spiro atoms. The first kappa shape index (κ1) is 14.7. The van der Waals surface area contributed by atoms with Crippen LogP contribution in [0.2, 0.25) is 0 Å². The van der Waals surface area contributed by atoms with Gasteiger partial charge in [-0.15, -0.1) is 0 Å². The highest BCUT2D eigenvalue weighted by Crippen LogP contribution is 2.30. The third-order valence-electron chi connectivity index (χ3n) is 4.30. The zero-order valence-corrected chi connectivity index (χ0v) is 12.3. The van der Waals surface area contributed by atoms with E-state index in [9.17, 15) is 9.18 Å². The van der Waals surface area contributed by atoms with E-state index < -0.39 is 0 Å². The van der Waals surface area contributed by atoms with Crippen molar-refractivity contribution in [2.24, 2.45) is 11.0 Å². The molecule has 2 aliphatic rings. The Labute approximate surface area is 128 Å². The van der Waals surface area contributed by atoms with Gasteiger partial charge in [0, 0.05) is 43.2 Å². The summed E-state index contributed by atoms with van der Waals surface area (Å²) in [7, 11) is 0. The van der Waals surface area contributed by atoms with Gasteiger partial charge >= 0.3 is 0 Å². The van der Waals surface area contributed by atoms with Gasteiger partial charge in [-0.2, -0.15) is 0 Å². The van der Waals surface area contributed by atoms with Crippen LogP contribution in [-0.4, -0.2) is 32.1 Å². The van der Waals surface area contributed by atoms with E-state index in [0.717, 1.165) is 25.9 Å². The number of anilines is 2. The largest absolute Gasteiger partial charge is 0.369 e. The van der Waals surface area contributed by atoms with E-state index in [2.05, 4.69) is 10.0 Å². The normalized spacial score (nSPS) is 21.3. The summed E-state index contributed by atoms with van der Waals surface area (Å²) in [6.45, 7) is 2.54. The SMILES string of the molecule is [N-]=[N+]=NCC1CC(=O)N(c2ccc(N3CCCC3)c(F)c2)C1. The summed E-state index contributed by atoms with van der Waals surface area (Å²) in [5, 5.41) is 3.52. The number of carbonyl (C=O) groups is 1. The van der Waals surface area contributed by atoms with Gasteiger partial charge < -0.3 is 9.80 Å². The van der Waals surface area contributed by atoms with Crippen LogP contribution in [0.3, 0.4) is 0 Å². The Kier molecular flexibility index (Phi) is 4.15. The summed E-state index contributed by atoms with van der Waals surface area (Å²) in [6.07, 6.45) is 2.52. The van der Waals surface area contributed by atoms with Gasteiger partial charge in [-0.1, -0.05) is 5.11 Å². The molecule has 2 heterocycles. The third kappa shape index (κ3) is 2.85. The molecule has 0 aromatic heterocycles. The molecule has 0 bridgehead atoms. The molecule has 7 heteroatoms. The van der Waals surface area contributed by atoms with Crippen LogP contribution in [0, 0.1) is 11.7 Å². The number of halogens is 1. The lowest BCUT2D eigenvalue weighted by Crippen LogP contribution is -2.25. The van der Waals surface area contributed by atoms with E-state index in [1.54, 1.807) is 17.0 Å². The van der Waals surface area contributed by atoms with E-state index >= 15 is 0 Å². The highest BCUT2D eigenvalue weighted by molar-refractivity contribution is 5.95. The van der Waals surface area contributed by atoms with Crippen molar-refractivity contribution in [2.45, 2.75) is 19.3 Å². The quantitative estimate of drug-likeness (QED) is 0.487. The van der Waals surface area contributed by atoms with E-state index in [-0.39, 0.29) is 17.6 Å². The van der Waals surface area contributed by atoms with Gasteiger partial charge in [-0.05, 0) is 42.5 Å². The van der Waals surface area contributed by atoms with Crippen LogP contribution in [0.1, 0.15) is 19.3 Å². The van der Waals surface area contributed by atoms with Crippen molar-refractivity contribution in [3.8, 4) is 0 Å². The third-order valence-corrected chi connectivity index (χ3v) is 4.30. The molecule has 0 radical (unpaired) electrons. The molecule has 116 valence electrons. The molecule has 2 aliphatic heterocycles. The second-order valence-corrected chi connectivity index (χ2v) is 5.82. The van der Waals surface area contributed by atoms with Gasteiger partial charge in [-0.3, -0.25) is 4.79 Å². The van der Waals surface area contributed by atoms with Crippen molar-refractivity contribution in [3.63, 3.8) is 0 Å². The molecule has 1 aromatic carbocycles. The van der Waals surface area contributed by atoms with Gasteiger partial charge in [0.1, 0.15) is 5.82 Å². The number of rotatable bonds is 4. The molecular weight excluding hydrogens is 285 g/mol. The molecule has 22 heavy (non-hydrogen) atoms. The van der Waals surface area contributed by atoms with Crippen LogP contribution >= 0.6 is 0 Å². The van der Waals surface area contributed by atoms with Crippen LogP contribution < -0.4 is 9.80 Å². The van der Waals surface area contributed by atoms with E-state index in [1.807, 2.05) is 4.90 Å². The fourth-order valence-electron chi connectivity index (χ4n) is 3.18. The minimum Gasteiger partial charge on any atom is -0.369 e. The number of nitrogens with zero attached hydrogens (tertiary/aromatic N) is 5. The van der Waals surface area contributed by atoms with Crippen LogP contribution in [0.25, 0.3) is 10.4 Å². The molecule has 1 amide bonds. The van der Waals surface area contributed by atoms with Crippen LogP contribution in [-0.2, 0) is 4.79 Å². The Morgan fingerprint density at radius 1 is 1.36 bits per heavy atom. The maximum atomic E-state index is 14.3. The summed E-state index contributed by atoms with van der Waals surface area (Å²) >= 11 is 0. The molecule has 0 aliphatic carbocycles. The molecule has 1 aromatic rings. The number of benzene rings is 1.